The Labute approximate surface area is 212 Å². The number of pyridine rings is 3. The minimum atomic E-state index is -0.500. The Hall–Kier alpha value is -4.92. The van der Waals surface area contributed by atoms with Crippen molar-refractivity contribution in [1.82, 2.24) is 35.1 Å². The van der Waals surface area contributed by atoms with Crippen molar-refractivity contribution in [3.8, 4) is 33.9 Å². The molecular weight excluding hydrogens is 464 g/mol. The van der Waals surface area contributed by atoms with Gasteiger partial charge in [0.2, 0.25) is 5.91 Å². The molecule has 0 aliphatic heterocycles. The summed E-state index contributed by atoms with van der Waals surface area (Å²) in [5.41, 5.74) is 6.94. The highest BCUT2D eigenvalue weighted by Gasteiger charge is 2.21. The molecule has 3 N–H and O–H groups in total. The van der Waals surface area contributed by atoms with Gasteiger partial charge in [0.15, 0.2) is 5.82 Å². The molecule has 9 nitrogen and oxygen atoms in total. The van der Waals surface area contributed by atoms with Crippen LogP contribution in [0, 0.1) is 5.41 Å². The summed E-state index contributed by atoms with van der Waals surface area (Å²) in [6.07, 6.45) is 8.67. The number of amides is 1. The number of anilines is 1. The summed E-state index contributed by atoms with van der Waals surface area (Å²) < 4.78 is 0. The fraction of sp³-hybridized carbons (Fsp3) is 0.143. The van der Waals surface area contributed by atoms with Gasteiger partial charge in [-0.15, -0.1) is 0 Å². The van der Waals surface area contributed by atoms with E-state index in [9.17, 15) is 4.79 Å². The second kappa shape index (κ2) is 8.63. The third-order valence-electron chi connectivity index (χ3n) is 6.15. The fourth-order valence-electron chi connectivity index (χ4n) is 4.13. The summed E-state index contributed by atoms with van der Waals surface area (Å²) in [5, 5.41) is 11.5. The molecule has 0 aliphatic carbocycles. The summed E-state index contributed by atoms with van der Waals surface area (Å²) in [6.45, 7) is 5.63. The van der Waals surface area contributed by atoms with Crippen molar-refractivity contribution < 1.29 is 4.79 Å². The average Bonchev–Trinajstić information content (AvgIpc) is 3.52. The monoisotopic (exact) mass is 488 g/mol. The molecule has 0 radical (unpaired) electrons. The lowest BCUT2D eigenvalue weighted by Crippen LogP contribution is -2.27. The number of H-pyrrole nitrogens is 2. The summed E-state index contributed by atoms with van der Waals surface area (Å²) in [7, 11) is 0. The van der Waals surface area contributed by atoms with Crippen LogP contribution in [0.4, 0.5) is 5.69 Å². The van der Waals surface area contributed by atoms with Gasteiger partial charge in [0.1, 0.15) is 11.2 Å². The average molecular weight is 489 g/mol. The van der Waals surface area contributed by atoms with Gasteiger partial charge in [-0.2, -0.15) is 5.10 Å². The number of carbonyl (C=O) groups excluding carboxylic acids is 1. The highest BCUT2D eigenvalue weighted by atomic mass is 16.2. The Kier molecular flexibility index (Phi) is 5.26. The zero-order chi connectivity index (χ0) is 25.6. The van der Waals surface area contributed by atoms with Crippen LogP contribution < -0.4 is 5.32 Å². The predicted octanol–water partition coefficient (Wildman–Crippen LogP) is 5.61. The quantitative estimate of drug-likeness (QED) is 0.296. The molecule has 6 aromatic rings. The Morgan fingerprint density at radius 2 is 1.68 bits per heavy atom. The molecule has 0 bridgehead atoms. The maximum absolute atomic E-state index is 12.4. The minimum Gasteiger partial charge on any atom is -0.336 e. The molecule has 9 heteroatoms. The van der Waals surface area contributed by atoms with Gasteiger partial charge in [-0.3, -0.25) is 24.8 Å². The fourth-order valence-corrected chi connectivity index (χ4v) is 4.13. The Morgan fingerprint density at radius 3 is 2.49 bits per heavy atom. The van der Waals surface area contributed by atoms with E-state index in [0.29, 0.717) is 17.2 Å². The smallest absolute Gasteiger partial charge is 0.229 e. The predicted molar refractivity (Wildman–Crippen MR) is 144 cm³/mol. The van der Waals surface area contributed by atoms with Crippen LogP contribution in [0.15, 0.2) is 73.4 Å². The van der Waals surface area contributed by atoms with E-state index in [-0.39, 0.29) is 5.91 Å². The van der Waals surface area contributed by atoms with Gasteiger partial charge >= 0.3 is 0 Å². The van der Waals surface area contributed by atoms with Crippen molar-refractivity contribution in [3.05, 3.63) is 73.4 Å². The van der Waals surface area contributed by atoms with E-state index >= 15 is 0 Å². The first-order chi connectivity index (χ1) is 17.9. The van der Waals surface area contributed by atoms with Crippen molar-refractivity contribution in [3.63, 3.8) is 0 Å². The number of hydrogen-bond acceptors (Lipinski definition) is 6. The van der Waals surface area contributed by atoms with Crippen LogP contribution >= 0.6 is 0 Å². The first-order valence-corrected chi connectivity index (χ1v) is 11.9. The Morgan fingerprint density at radius 1 is 0.838 bits per heavy atom. The van der Waals surface area contributed by atoms with Gasteiger partial charge in [-0.25, -0.2) is 4.98 Å². The first-order valence-electron chi connectivity index (χ1n) is 11.9. The summed E-state index contributed by atoms with van der Waals surface area (Å²) in [4.78, 5) is 33.7. The Bertz CT molecular complexity index is 1760. The molecule has 0 fully saturated rings. The van der Waals surface area contributed by atoms with Crippen LogP contribution in [0.2, 0.25) is 0 Å². The number of hydrogen-bond donors (Lipinski definition) is 3. The number of aromatic amines is 2. The zero-order valence-electron chi connectivity index (χ0n) is 20.6. The van der Waals surface area contributed by atoms with Gasteiger partial charge in [0, 0.05) is 46.7 Å². The maximum Gasteiger partial charge on any atom is 0.229 e. The highest BCUT2D eigenvalue weighted by Crippen LogP contribution is 2.32. The largest absolute Gasteiger partial charge is 0.336 e. The van der Waals surface area contributed by atoms with Gasteiger partial charge in [0.05, 0.1) is 28.6 Å². The van der Waals surface area contributed by atoms with Crippen LogP contribution in [0.5, 0.6) is 0 Å². The maximum atomic E-state index is 12.4. The number of aromatic nitrogens is 7. The summed E-state index contributed by atoms with van der Waals surface area (Å²) >= 11 is 0. The van der Waals surface area contributed by atoms with Gasteiger partial charge in [-0.05, 0) is 42.0 Å². The van der Waals surface area contributed by atoms with E-state index in [1.807, 2.05) is 57.2 Å². The highest BCUT2D eigenvalue weighted by molar-refractivity contribution is 5.98. The molecule has 0 saturated carbocycles. The van der Waals surface area contributed by atoms with Gasteiger partial charge in [0.25, 0.3) is 0 Å². The molecule has 5 heterocycles. The van der Waals surface area contributed by atoms with E-state index in [2.05, 4.69) is 41.5 Å². The lowest BCUT2D eigenvalue weighted by Gasteiger charge is -2.17. The van der Waals surface area contributed by atoms with E-state index in [0.717, 1.165) is 44.3 Å². The standard InChI is InChI=1S/C28H24N8O/c1-28(2,3)27(37)32-19-12-18(14-30-15-19)17-4-5-21-20(13-17)24(36-35-21)26-33-22-8-11-31-23(25(22)34-26)16-6-9-29-10-7-16/h4-15H,1-3H3,(H,32,37)(H,33,34)(H,35,36). The zero-order valence-corrected chi connectivity index (χ0v) is 20.6. The number of nitrogens with zero attached hydrogens (tertiary/aromatic N) is 5. The second-order valence-electron chi connectivity index (χ2n) is 9.88. The van der Waals surface area contributed by atoms with Crippen molar-refractivity contribution in [2.24, 2.45) is 5.41 Å². The van der Waals surface area contributed by atoms with Crippen LogP contribution in [-0.2, 0) is 4.79 Å². The van der Waals surface area contributed by atoms with Crippen LogP contribution in [0.1, 0.15) is 20.8 Å². The third-order valence-corrected chi connectivity index (χ3v) is 6.15. The number of imidazole rings is 1. The number of benzene rings is 1. The lowest BCUT2D eigenvalue weighted by molar-refractivity contribution is -0.123. The molecule has 0 atom stereocenters. The molecule has 0 saturated heterocycles. The second-order valence-corrected chi connectivity index (χ2v) is 9.88. The topological polar surface area (TPSA) is 125 Å². The summed E-state index contributed by atoms with van der Waals surface area (Å²) in [6, 6.07) is 13.7. The SMILES string of the molecule is CC(C)(C)C(=O)Nc1cncc(-c2ccc3[nH]nc(-c4nc5c(-c6ccncc6)nccc5[nH]4)c3c2)c1. The third kappa shape index (κ3) is 4.20. The van der Waals surface area contributed by atoms with Gasteiger partial charge in [-0.1, -0.05) is 26.8 Å². The molecule has 1 aromatic carbocycles. The molecular formula is C28H24N8O. The van der Waals surface area contributed by atoms with Crippen molar-refractivity contribution >= 4 is 33.5 Å². The van der Waals surface area contributed by atoms with Gasteiger partial charge < -0.3 is 10.3 Å². The van der Waals surface area contributed by atoms with E-state index in [1.165, 1.54) is 0 Å². The van der Waals surface area contributed by atoms with Crippen LogP contribution in [0.25, 0.3) is 55.8 Å². The minimum absolute atomic E-state index is 0.0652. The normalized spacial score (nSPS) is 11.8. The van der Waals surface area contributed by atoms with Crippen LogP contribution in [0.3, 0.4) is 0 Å². The van der Waals surface area contributed by atoms with Crippen molar-refractivity contribution in [2.45, 2.75) is 20.8 Å². The molecule has 37 heavy (non-hydrogen) atoms. The van der Waals surface area contributed by atoms with Crippen molar-refractivity contribution in [1.29, 1.82) is 0 Å². The Balaban J connectivity index is 1.40. The number of carbonyl (C=O) groups is 1. The molecule has 0 aliphatic rings. The lowest BCUT2D eigenvalue weighted by atomic mass is 9.95. The molecule has 5 aromatic heterocycles. The molecule has 0 spiro atoms. The molecule has 6 rings (SSSR count). The molecule has 0 unspecified atom stereocenters. The van der Waals surface area contributed by atoms with Crippen LogP contribution in [-0.4, -0.2) is 41.0 Å². The first kappa shape index (κ1) is 22.5. The number of nitrogens with one attached hydrogen (secondary N) is 3. The van der Waals surface area contributed by atoms with Crippen molar-refractivity contribution in [2.75, 3.05) is 5.32 Å². The molecule has 182 valence electrons. The molecule has 1 amide bonds. The number of rotatable bonds is 4. The summed E-state index contributed by atoms with van der Waals surface area (Å²) in [5.74, 6) is 0.579. The number of fused-ring (bicyclic) bond motifs is 2. The van der Waals surface area contributed by atoms with E-state index < -0.39 is 5.41 Å². The van der Waals surface area contributed by atoms with E-state index in [4.69, 9.17) is 4.98 Å². The van der Waals surface area contributed by atoms with E-state index in [1.54, 1.807) is 31.0 Å².